The molecular weight excluding hydrogens is 803 g/mol. The lowest BCUT2D eigenvalue weighted by Gasteiger charge is -2.20. The Labute approximate surface area is 405 Å². The molecule has 0 rings (SSSR count). The fourth-order valence-electron chi connectivity index (χ4n) is 8.98. The zero-order valence-corrected chi connectivity index (χ0v) is 43.7. The van der Waals surface area contributed by atoms with Crippen LogP contribution in [0, 0.1) is 0 Å². The Morgan fingerprint density at radius 2 is 0.723 bits per heavy atom. The Kier molecular flexibility index (Phi) is 53.5. The maximum atomic E-state index is 12.5. The summed E-state index contributed by atoms with van der Waals surface area (Å²) in [5.74, 6) is -0.0950. The first-order chi connectivity index (χ1) is 32.0. The molecule has 6 nitrogen and oxygen atoms in total. The Morgan fingerprint density at radius 1 is 0.415 bits per heavy atom. The molecule has 65 heavy (non-hydrogen) atoms. The lowest BCUT2D eigenvalue weighted by atomic mass is 10.0. The molecule has 0 aliphatic heterocycles. The minimum Gasteiger partial charge on any atom is -0.466 e. The average molecular weight is 917 g/mol. The number of aliphatic hydroxyl groups excluding tert-OH is 2. The second-order valence-corrected chi connectivity index (χ2v) is 20.0. The van der Waals surface area contributed by atoms with E-state index in [0.717, 1.165) is 57.8 Å². The molecule has 384 valence electrons. The zero-order chi connectivity index (χ0) is 47.2. The van der Waals surface area contributed by atoms with Crippen LogP contribution >= 0.6 is 0 Å². The quantitative estimate of drug-likeness (QED) is 0.0321. The number of hydrogen-bond donors (Lipinski definition) is 3. The van der Waals surface area contributed by atoms with Gasteiger partial charge in [0.25, 0.3) is 0 Å². The smallest absolute Gasteiger partial charge is 0.305 e. The summed E-state index contributed by atoms with van der Waals surface area (Å²) in [6, 6.07) is -0.640. The minimum absolute atomic E-state index is 0.0136. The summed E-state index contributed by atoms with van der Waals surface area (Å²) in [4.78, 5) is 24.5. The predicted molar refractivity (Wildman–Crippen MR) is 283 cm³/mol. The first kappa shape index (κ1) is 63.3. The van der Waals surface area contributed by atoms with Gasteiger partial charge in [0.05, 0.1) is 25.4 Å². The second kappa shape index (κ2) is 54.9. The number of ether oxygens (including phenoxy) is 1. The monoisotopic (exact) mass is 916 g/mol. The fourth-order valence-corrected chi connectivity index (χ4v) is 8.98. The number of carbonyl (C=O) groups is 2. The molecule has 0 spiro atoms. The van der Waals surface area contributed by atoms with Crippen LogP contribution in [-0.4, -0.2) is 47.4 Å². The summed E-state index contributed by atoms with van der Waals surface area (Å²) >= 11 is 0. The standard InChI is InChI=1S/C59H113NO5/c1-3-5-7-9-11-13-15-17-19-21-22-24-25-27-31-35-39-43-47-51-57(62)56(55-61)60-58(63)52-48-44-40-36-32-29-30-34-38-42-46-50-54-65-59(64)53-49-45-41-37-33-28-26-23-20-18-16-14-12-10-8-6-4-2/h18,20,47,51,56-57,61-62H,3-17,19,21-46,48-50,52-55H2,1-2H3,(H,60,63)/b20-18-,51-47+. The molecule has 0 aromatic heterocycles. The number of rotatable bonds is 54. The summed E-state index contributed by atoms with van der Waals surface area (Å²) in [6.45, 7) is 4.88. The molecule has 0 aliphatic carbocycles. The normalized spacial score (nSPS) is 12.7. The van der Waals surface area contributed by atoms with Crippen LogP contribution < -0.4 is 5.32 Å². The van der Waals surface area contributed by atoms with E-state index in [1.165, 1.54) is 231 Å². The second-order valence-electron chi connectivity index (χ2n) is 20.0. The molecular formula is C59H113NO5. The number of allylic oxidation sites excluding steroid dienone is 3. The highest BCUT2D eigenvalue weighted by molar-refractivity contribution is 5.76. The Balaban J connectivity index is 3.48. The molecule has 1 amide bonds. The molecule has 6 heteroatoms. The van der Waals surface area contributed by atoms with Gasteiger partial charge in [-0.25, -0.2) is 0 Å². The number of carbonyl (C=O) groups excluding carboxylic acids is 2. The molecule has 0 aromatic carbocycles. The van der Waals surface area contributed by atoms with Crippen LogP contribution in [0.5, 0.6) is 0 Å². The fraction of sp³-hybridized carbons (Fsp3) is 0.898. The summed E-state index contributed by atoms with van der Waals surface area (Å²) < 4.78 is 5.47. The van der Waals surface area contributed by atoms with Gasteiger partial charge in [-0.15, -0.1) is 0 Å². The number of aliphatic hydroxyl groups is 2. The molecule has 0 saturated carbocycles. The number of hydrogen-bond acceptors (Lipinski definition) is 5. The van der Waals surface area contributed by atoms with Gasteiger partial charge in [-0.1, -0.05) is 269 Å². The minimum atomic E-state index is -0.855. The number of unbranched alkanes of at least 4 members (excludes halogenated alkanes) is 41. The van der Waals surface area contributed by atoms with Gasteiger partial charge >= 0.3 is 5.97 Å². The van der Waals surface area contributed by atoms with Crippen LogP contribution in [0.25, 0.3) is 0 Å². The van der Waals surface area contributed by atoms with Crippen LogP contribution in [0.4, 0.5) is 0 Å². The van der Waals surface area contributed by atoms with Gasteiger partial charge < -0.3 is 20.3 Å². The van der Waals surface area contributed by atoms with Crippen LogP contribution in [0.15, 0.2) is 24.3 Å². The van der Waals surface area contributed by atoms with Crippen molar-refractivity contribution < 1.29 is 24.5 Å². The first-order valence-electron chi connectivity index (χ1n) is 29.1. The molecule has 0 fully saturated rings. The topological polar surface area (TPSA) is 95.9 Å². The summed E-state index contributed by atoms with van der Waals surface area (Å²) in [6.07, 6.45) is 66.2. The molecule has 0 radical (unpaired) electrons. The van der Waals surface area contributed by atoms with Gasteiger partial charge in [0.1, 0.15) is 0 Å². The van der Waals surface area contributed by atoms with E-state index < -0.39 is 12.1 Å². The van der Waals surface area contributed by atoms with Gasteiger partial charge in [0.15, 0.2) is 0 Å². The first-order valence-corrected chi connectivity index (χ1v) is 29.1. The summed E-state index contributed by atoms with van der Waals surface area (Å²) in [5, 5.41) is 23.1. The van der Waals surface area contributed by atoms with Crippen molar-refractivity contribution in [3.05, 3.63) is 24.3 Å². The maximum absolute atomic E-state index is 12.5. The number of nitrogens with one attached hydrogen (secondary N) is 1. The van der Waals surface area contributed by atoms with Crippen molar-refractivity contribution in [3.63, 3.8) is 0 Å². The van der Waals surface area contributed by atoms with E-state index in [1.54, 1.807) is 6.08 Å². The van der Waals surface area contributed by atoms with Crippen molar-refractivity contribution >= 4 is 11.9 Å². The molecule has 3 N–H and O–H groups in total. The highest BCUT2D eigenvalue weighted by Gasteiger charge is 2.18. The van der Waals surface area contributed by atoms with Crippen LogP contribution in [0.1, 0.15) is 316 Å². The van der Waals surface area contributed by atoms with E-state index in [4.69, 9.17) is 4.74 Å². The van der Waals surface area contributed by atoms with E-state index in [9.17, 15) is 19.8 Å². The third-order valence-corrected chi connectivity index (χ3v) is 13.5. The number of amides is 1. The van der Waals surface area contributed by atoms with Crippen molar-refractivity contribution in [1.82, 2.24) is 5.32 Å². The van der Waals surface area contributed by atoms with Crippen LogP contribution in [0.3, 0.4) is 0 Å². The van der Waals surface area contributed by atoms with E-state index >= 15 is 0 Å². The van der Waals surface area contributed by atoms with Crippen molar-refractivity contribution in [2.24, 2.45) is 0 Å². The van der Waals surface area contributed by atoms with Crippen LogP contribution in [-0.2, 0) is 14.3 Å². The molecule has 0 aliphatic rings. The van der Waals surface area contributed by atoms with E-state index in [2.05, 4.69) is 31.3 Å². The third kappa shape index (κ3) is 51.6. The molecule has 0 bridgehead atoms. The highest BCUT2D eigenvalue weighted by atomic mass is 16.5. The maximum Gasteiger partial charge on any atom is 0.305 e. The molecule has 2 unspecified atom stereocenters. The summed E-state index contributed by atoms with van der Waals surface area (Å²) in [7, 11) is 0. The lowest BCUT2D eigenvalue weighted by Crippen LogP contribution is -2.45. The van der Waals surface area contributed by atoms with Gasteiger partial charge in [0.2, 0.25) is 5.91 Å². The third-order valence-electron chi connectivity index (χ3n) is 13.5. The van der Waals surface area contributed by atoms with E-state index in [1.807, 2.05) is 6.08 Å². The number of esters is 1. The lowest BCUT2D eigenvalue weighted by molar-refractivity contribution is -0.143. The Bertz CT molecular complexity index is 1010. The largest absolute Gasteiger partial charge is 0.466 e. The van der Waals surface area contributed by atoms with Crippen molar-refractivity contribution in [2.75, 3.05) is 13.2 Å². The Hall–Kier alpha value is -1.66. The average Bonchev–Trinajstić information content (AvgIpc) is 3.31. The SMILES string of the molecule is CCCCCCCC/C=C\CCCCCCCCCC(=O)OCCCCCCCCCCCCCCC(=O)NC(CO)C(O)/C=C/CCCCCCCCCCCCCCCCCCC. The summed E-state index contributed by atoms with van der Waals surface area (Å²) in [5.41, 5.74) is 0. The van der Waals surface area contributed by atoms with E-state index in [-0.39, 0.29) is 18.5 Å². The van der Waals surface area contributed by atoms with E-state index in [0.29, 0.717) is 19.4 Å². The molecule has 0 aromatic rings. The van der Waals surface area contributed by atoms with Gasteiger partial charge in [0, 0.05) is 12.8 Å². The zero-order valence-electron chi connectivity index (χ0n) is 43.7. The molecule has 2 atom stereocenters. The molecule has 0 saturated heterocycles. The van der Waals surface area contributed by atoms with Gasteiger partial charge in [-0.3, -0.25) is 9.59 Å². The van der Waals surface area contributed by atoms with Gasteiger partial charge in [-0.2, -0.15) is 0 Å². The highest BCUT2D eigenvalue weighted by Crippen LogP contribution is 2.17. The van der Waals surface area contributed by atoms with Gasteiger partial charge in [-0.05, 0) is 57.8 Å². The van der Waals surface area contributed by atoms with Crippen molar-refractivity contribution in [2.45, 2.75) is 328 Å². The van der Waals surface area contributed by atoms with Crippen LogP contribution in [0.2, 0.25) is 0 Å². The predicted octanol–water partition coefficient (Wildman–Crippen LogP) is 17.9. The Morgan fingerprint density at radius 3 is 1.09 bits per heavy atom. The molecule has 0 heterocycles. The van der Waals surface area contributed by atoms with Crippen molar-refractivity contribution in [1.29, 1.82) is 0 Å². The van der Waals surface area contributed by atoms with Crippen molar-refractivity contribution in [3.8, 4) is 0 Å².